The third-order valence-electron chi connectivity index (χ3n) is 2.22. The minimum Gasteiger partial charge on any atom is -0.494 e. The number of benzene rings is 1. The predicted molar refractivity (Wildman–Crippen MR) is 62.0 cm³/mol. The lowest BCUT2D eigenvalue weighted by Gasteiger charge is -2.10. The van der Waals surface area contributed by atoms with Gasteiger partial charge in [0.05, 0.1) is 12.7 Å². The molecule has 0 saturated heterocycles. The van der Waals surface area contributed by atoms with Crippen molar-refractivity contribution >= 4 is 0 Å². The molecule has 0 saturated carbocycles. The molecule has 1 unspecified atom stereocenters. The lowest BCUT2D eigenvalue weighted by Crippen LogP contribution is -1.97. The molecule has 1 aromatic carbocycles. The monoisotopic (exact) mass is 206 g/mol. The van der Waals surface area contributed by atoms with Gasteiger partial charge < -0.3 is 9.84 Å². The van der Waals surface area contributed by atoms with Crippen LogP contribution in [0.1, 0.15) is 31.4 Å². The molecule has 2 nitrogen and oxygen atoms in total. The highest BCUT2D eigenvalue weighted by Gasteiger charge is 2.05. The molecule has 0 amide bonds. The minimum absolute atomic E-state index is 0.404. The van der Waals surface area contributed by atoms with Crippen molar-refractivity contribution in [1.82, 2.24) is 0 Å². The Morgan fingerprint density at radius 3 is 2.60 bits per heavy atom. The summed E-state index contributed by atoms with van der Waals surface area (Å²) in [6, 6.07) is 7.57. The average Bonchev–Trinajstić information content (AvgIpc) is 2.27. The number of hydrogen-bond acceptors (Lipinski definition) is 2. The first kappa shape index (κ1) is 11.8. The van der Waals surface area contributed by atoms with E-state index in [0.29, 0.717) is 6.61 Å². The fraction of sp³-hybridized carbons (Fsp3) is 0.385. The molecular weight excluding hydrogens is 188 g/mol. The van der Waals surface area contributed by atoms with Crippen LogP contribution in [0.4, 0.5) is 0 Å². The summed E-state index contributed by atoms with van der Waals surface area (Å²) in [7, 11) is 0. The molecule has 0 aliphatic heterocycles. The standard InChI is InChI=1S/C13H18O2/c1-3-5-6-13(14)11-7-9-12(10-8-11)15-4-2/h3,7-10,13-14H,1,4-6H2,2H3. The summed E-state index contributed by atoms with van der Waals surface area (Å²) in [6.07, 6.45) is 2.96. The van der Waals surface area contributed by atoms with Gasteiger partial charge in [0, 0.05) is 0 Å². The Labute approximate surface area is 91.2 Å². The second kappa shape index (κ2) is 6.25. The number of rotatable bonds is 6. The average molecular weight is 206 g/mol. The highest BCUT2D eigenvalue weighted by Crippen LogP contribution is 2.21. The molecular formula is C13H18O2. The first-order valence-electron chi connectivity index (χ1n) is 5.29. The van der Waals surface area contributed by atoms with Gasteiger partial charge in [0.1, 0.15) is 5.75 Å². The van der Waals surface area contributed by atoms with Crippen LogP contribution in [-0.4, -0.2) is 11.7 Å². The van der Waals surface area contributed by atoms with Gasteiger partial charge in [-0.1, -0.05) is 18.2 Å². The predicted octanol–water partition coefficient (Wildman–Crippen LogP) is 3.08. The first-order chi connectivity index (χ1) is 7.27. The zero-order valence-electron chi connectivity index (χ0n) is 9.15. The highest BCUT2D eigenvalue weighted by molar-refractivity contribution is 5.28. The molecule has 1 atom stereocenters. The summed E-state index contributed by atoms with van der Waals surface area (Å²) in [4.78, 5) is 0. The Morgan fingerprint density at radius 1 is 1.40 bits per heavy atom. The molecule has 0 aliphatic rings. The van der Waals surface area contributed by atoms with Crippen molar-refractivity contribution < 1.29 is 9.84 Å². The van der Waals surface area contributed by atoms with Crippen LogP contribution in [0.5, 0.6) is 5.75 Å². The maximum absolute atomic E-state index is 9.78. The van der Waals surface area contributed by atoms with E-state index in [1.165, 1.54) is 0 Å². The Morgan fingerprint density at radius 2 is 2.07 bits per heavy atom. The topological polar surface area (TPSA) is 29.5 Å². The summed E-state index contributed by atoms with van der Waals surface area (Å²) in [5, 5.41) is 9.78. The van der Waals surface area contributed by atoms with E-state index in [1.54, 1.807) is 0 Å². The van der Waals surface area contributed by atoms with Crippen LogP contribution >= 0.6 is 0 Å². The first-order valence-corrected chi connectivity index (χ1v) is 5.29. The summed E-state index contributed by atoms with van der Waals surface area (Å²) >= 11 is 0. The van der Waals surface area contributed by atoms with E-state index >= 15 is 0 Å². The molecule has 0 aromatic heterocycles. The van der Waals surface area contributed by atoms with Crippen LogP contribution < -0.4 is 4.74 Å². The fourth-order valence-electron chi connectivity index (χ4n) is 1.40. The zero-order chi connectivity index (χ0) is 11.1. The van der Waals surface area contributed by atoms with Gasteiger partial charge in [-0.2, -0.15) is 0 Å². The Hall–Kier alpha value is -1.28. The van der Waals surface area contributed by atoms with Crippen molar-refractivity contribution in [3.63, 3.8) is 0 Å². The fourth-order valence-corrected chi connectivity index (χ4v) is 1.40. The molecule has 2 heteroatoms. The van der Waals surface area contributed by atoms with E-state index in [9.17, 15) is 5.11 Å². The maximum atomic E-state index is 9.78. The maximum Gasteiger partial charge on any atom is 0.119 e. The third kappa shape index (κ3) is 3.76. The third-order valence-corrected chi connectivity index (χ3v) is 2.22. The van der Waals surface area contributed by atoms with Crippen molar-refractivity contribution in [2.45, 2.75) is 25.9 Å². The molecule has 15 heavy (non-hydrogen) atoms. The van der Waals surface area contributed by atoms with E-state index < -0.39 is 6.10 Å². The number of aliphatic hydroxyl groups is 1. The summed E-state index contributed by atoms with van der Waals surface area (Å²) in [6.45, 7) is 6.25. The smallest absolute Gasteiger partial charge is 0.119 e. The molecule has 0 bridgehead atoms. The molecule has 1 N–H and O–H groups in total. The van der Waals surface area contributed by atoms with Gasteiger partial charge in [0.15, 0.2) is 0 Å². The summed E-state index contributed by atoms with van der Waals surface area (Å²) in [5.74, 6) is 0.845. The van der Waals surface area contributed by atoms with Crippen LogP contribution in [0.15, 0.2) is 36.9 Å². The van der Waals surface area contributed by atoms with Crippen LogP contribution in [0.25, 0.3) is 0 Å². The highest BCUT2D eigenvalue weighted by atomic mass is 16.5. The largest absolute Gasteiger partial charge is 0.494 e. The van der Waals surface area contributed by atoms with Gasteiger partial charge in [-0.25, -0.2) is 0 Å². The lowest BCUT2D eigenvalue weighted by atomic mass is 10.1. The molecule has 0 heterocycles. The molecule has 1 rings (SSSR count). The Kier molecular flexibility index (Phi) is 4.91. The van der Waals surface area contributed by atoms with E-state index in [4.69, 9.17) is 4.74 Å². The summed E-state index contributed by atoms with van der Waals surface area (Å²) < 4.78 is 5.32. The lowest BCUT2D eigenvalue weighted by molar-refractivity contribution is 0.168. The number of aliphatic hydroxyl groups excluding tert-OH is 1. The van der Waals surface area contributed by atoms with Crippen molar-refractivity contribution in [3.05, 3.63) is 42.5 Å². The van der Waals surface area contributed by atoms with Crippen LogP contribution in [0.2, 0.25) is 0 Å². The molecule has 0 radical (unpaired) electrons. The number of ether oxygens (including phenoxy) is 1. The van der Waals surface area contributed by atoms with E-state index in [1.807, 2.05) is 37.3 Å². The van der Waals surface area contributed by atoms with Crippen molar-refractivity contribution in [2.24, 2.45) is 0 Å². The normalized spacial score (nSPS) is 12.1. The second-order valence-electron chi connectivity index (χ2n) is 3.38. The molecule has 0 aliphatic carbocycles. The SMILES string of the molecule is C=CCCC(O)c1ccc(OCC)cc1. The van der Waals surface area contributed by atoms with Gasteiger partial charge in [-0.05, 0) is 37.5 Å². The number of hydrogen-bond donors (Lipinski definition) is 1. The second-order valence-corrected chi connectivity index (χ2v) is 3.38. The Balaban J connectivity index is 2.58. The molecule has 0 spiro atoms. The van der Waals surface area contributed by atoms with Crippen LogP contribution in [0.3, 0.4) is 0 Å². The van der Waals surface area contributed by atoms with E-state index in [2.05, 4.69) is 6.58 Å². The molecule has 0 fully saturated rings. The quantitative estimate of drug-likeness (QED) is 0.725. The van der Waals surface area contributed by atoms with Crippen LogP contribution in [-0.2, 0) is 0 Å². The Bertz CT molecular complexity index is 290. The van der Waals surface area contributed by atoms with Gasteiger partial charge >= 0.3 is 0 Å². The van der Waals surface area contributed by atoms with Gasteiger partial charge in [-0.3, -0.25) is 0 Å². The zero-order valence-corrected chi connectivity index (χ0v) is 9.15. The van der Waals surface area contributed by atoms with Gasteiger partial charge in [0.25, 0.3) is 0 Å². The van der Waals surface area contributed by atoms with Gasteiger partial charge in [-0.15, -0.1) is 6.58 Å². The van der Waals surface area contributed by atoms with Crippen molar-refractivity contribution in [1.29, 1.82) is 0 Å². The summed E-state index contributed by atoms with van der Waals surface area (Å²) in [5.41, 5.74) is 0.931. The van der Waals surface area contributed by atoms with Crippen molar-refractivity contribution in [3.8, 4) is 5.75 Å². The van der Waals surface area contributed by atoms with Gasteiger partial charge in [0.2, 0.25) is 0 Å². The minimum atomic E-state index is -0.404. The number of allylic oxidation sites excluding steroid dienone is 1. The van der Waals surface area contributed by atoms with E-state index in [0.717, 1.165) is 24.2 Å². The molecule has 1 aromatic rings. The van der Waals surface area contributed by atoms with Crippen molar-refractivity contribution in [2.75, 3.05) is 6.61 Å². The van der Waals surface area contributed by atoms with Crippen LogP contribution in [0, 0.1) is 0 Å². The molecule has 82 valence electrons. The van der Waals surface area contributed by atoms with E-state index in [-0.39, 0.29) is 0 Å².